The Hall–Kier alpha value is -3.12. The number of aryl methyl sites for hydroxylation is 1. The van der Waals surface area contributed by atoms with Crippen molar-refractivity contribution >= 4 is 17.4 Å². The largest absolute Gasteiger partial charge is 0.507 e. The van der Waals surface area contributed by atoms with Crippen LogP contribution in [0.25, 0.3) is 5.76 Å². The Balaban J connectivity index is 2.04. The summed E-state index contributed by atoms with van der Waals surface area (Å²) < 4.78 is 10.8. The third-order valence-corrected chi connectivity index (χ3v) is 5.34. The predicted molar refractivity (Wildman–Crippen MR) is 119 cm³/mol. The predicted octanol–water partition coefficient (Wildman–Crippen LogP) is 4.24. The van der Waals surface area contributed by atoms with Gasteiger partial charge < -0.3 is 19.5 Å². The summed E-state index contributed by atoms with van der Waals surface area (Å²) in [6.45, 7) is 6.57. The highest BCUT2D eigenvalue weighted by molar-refractivity contribution is 6.46. The van der Waals surface area contributed by atoms with Crippen LogP contribution in [0.5, 0.6) is 5.75 Å². The van der Waals surface area contributed by atoms with E-state index in [0.29, 0.717) is 30.9 Å². The van der Waals surface area contributed by atoms with Gasteiger partial charge in [-0.15, -0.1) is 0 Å². The number of carbonyl (C=O) groups is 2. The Bertz CT molecular complexity index is 981. The minimum Gasteiger partial charge on any atom is -0.507 e. The van der Waals surface area contributed by atoms with Crippen molar-refractivity contribution in [3.8, 4) is 5.75 Å². The van der Waals surface area contributed by atoms with Crippen molar-refractivity contribution in [1.82, 2.24) is 4.90 Å². The Morgan fingerprint density at radius 3 is 2.45 bits per heavy atom. The molecular weight excluding hydrogens is 394 g/mol. The van der Waals surface area contributed by atoms with Crippen LogP contribution < -0.4 is 4.74 Å². The van der Waals surface area contributed by atoms with Crippen molar-refractivity contribution in [2.45, 2.75) is 39.3 Å². The van der Waals surface area contributed by atoms with Crippen molar-refractivity contribution < 1.29 is 24.2 Å². The Morgan fingerprint density at radius 2 is 1.84 bits per heavy atom. The maximum absolute atomic E-state index is 13.0. The van der Waals surface area contributed by atoms with Crippen LogP contribution in [0.15, 0.2) is 54.1 Å². The normalized spacial score (nSPS) is 18.1. The number of aliphatic hydroxyl groups excluding tert-OH is 1. The lowest BCUT2D eigenvalue weighted by Crippen LogP contribution is -2.31. The van der Waals surface area contributed by atoms with E-state index in [1.165, 1.54) is 4.90 Å². The van der Waals surface area contributed by atoms with Crippen LogP contribution in [0.2, 0.25) is 0 Å². The fraction of sp³-hybridized carbons (Fsp3) is 0.360. The number of hydrogen-bond acceptors (Lipinski definition) is 5. The molecule has 31 heavy (non-hydrogen) atoms. The summed E-state index contributed by atoms with van der Waals surface area (Å²) in [5.41, 5.74) is 2.14. The molecular formula is C25H29NO5. The second-order valence-corrected chi connectivity index (χ2v) is 7.86. The number of carbonyl (C=O) groups excluding carboxylic acids is 2. The molecule has 1 saturated heterocycles. The lowest BCUT2D eigenvalue weighted by atomic mass is 9.94. The second kappa shape index (κ2) is 9.79. The molecule has 2 aromatic carbocycles. The number of likely N-dealkylation sites (tertiary alicyclic amines) is 1. The van der Waals surface area contributed by atoms with Gasteiger partial charge in [0.1, 0.15) is 11.5 Å². The monoisotopic (exact) mass is 423 g/mol. The summed E-state index contributed by atoms with van der Waals surface area (Å²) in [5.74, 6) is -0.801. The standard InChI is InChI=1S/C25H29NO5/c1-16(2)31-14-8-13-26-22(18-9-6-5-7-10-18)21(24(28)25(26)29)23(27)20-12-11-19(30-4)15-17(20)3/h5-7,9-12,15-16,22,27H,8,13-14H2,1-4H3/b23-21-. The van der Waals surface area contributed by atoms with Crippen molar-refractivity contribution in [3.05, 3.63) is 70.8 Å². The first-order valence-corrected chi connectivity index (χ1v) is 10.4. The number of amides is 1. The molecule has 1 atom stereocenters. The summed E-state index contributed by atoms with van der Waals surface area (Å²) in [6, 6.07) is 13.9. The lowest BCUT2D eigenvalue weighted by molar-refractivity contribution is -0.140. The second-order valence-electron chi connectivity index (χ2n) is 7.86. The number of rotatable bonds is 8. The van der Waals surface area contributed by atoms with E-state index in [4.69, 9.17) is 9.47 Å². The summed E-state index contributed by atoms with van der Waals surface area (Å²) in [4.78, 5) is 27.5. The summed E-state index contributed by atoms with van der Waals surface area (Å²) in [5, 5.41) is 11.2. The average Bonchev–Trinajstić information content (AvgIpc) is 3.01. The van der Waals surface area contributed by atoms with Crippen LogP contribution in [0.1, 0.15) is 43.0 Å². The number of ketones is 1. The van der Waals surface area contributed by atoms with Crippen LogP contribution in [0.4, 0.5) is 0 Å². The van der Waals surface area contributed by atoms with Crippen LogP contribution in [-0.2, 0) is 14.3 Å². The first kappa shape index (κ1) is 22.6. The van der Waals surface area contributed by atoms with E-state index < -0.39 is 17.7 Å². The van der Waals surface area contributed by atoms with E-state index in [0.717, 1.165) is 11.1 Å². The quantitative estimate of drug-likeness (QED) is 0.297. The molecule has 6 heteroatoms. The molecule has 1 N–H and O–H groups in total. The number of nitrogens with zero attached hydrogens (tertiary/aromatic N) is 1. The number of hydrogen-bond donors (Lipinski definition) is 1. The molecule has 1 unspecified atom stereocenters. The number of Topliss-reactive ketones (excluding diaryl/α,β-unsaturated/α-hetero) is 1. The summed E-state index contributed by atoms with van der Waals surface area (Å²) >= 11 is 0. The number of benzene rings is 2. The maximum Gasteiger partial charge on any atom is 0.295 e. The molecule has 164 valence electrons. The zero-order valence-electron chi connectivity index (χ0n) is 18.4. The van der Waals surface area contributed by atoms with Crippen molar-refractivity contribution in [1.29, 1.82) is 0 Å². The number of aliphatic hydroxyl groups is 1. The van der Waals surface area contributed by atoms with E-state index in [-0.39, 0.29) is 17.4 Å². The van der Waals surface area contributed by atoms with E-state index in [1.54, 1.807) is 25.3 Å². The molecule has 0 aromatic heterocycles. The van der Waals surface area contributed by atoms with Crippen molar-refractivity contribution in [2.75, 3.05) is 20.3 Å². The molecule has 1 heterocycles. The van der Waals surface area contributed by atoms with Crippen molar-refractivity contribution in [2.24, 2.45) is 0 Å². The Morgan fingerprint density at radius 1 is 1.13 bits per heavy atom. The van der Waals surface area contributed by atoms with E-state index in [1.807, 2.05) is 51.1 Å². The van der Waals surface area contributed by atoms with Gasteiger partial charge in [0, 0.05) is 18.7 Å². The van der Waals surface area contributed by atoms with Crippen LogP contribution in [-0.4, -0.2) is 48.1 Å². The minimum atomic E-state index is -0.675. The first-order valence-electron chi connectivity index (χ1n) is 10.4. The number of ether oxygens (including phenoxy) is 2. The Kier molecular flexibility index (Phi) is 7.13. The van der Waals surface area contributed by atoms with Gasteiger partial charge in [-0.3, -0.25) is 9.59 Å². The lowest BCUT2D eigenvalue weighted by Gasteiger charge is -2.25. The fourth-order valence-corrected chi connectivity index (χ4v) is 3.82. The molecule has 0 bridgehead atoms. The molecule has 1 aliphatic rings. The maximum atomic E-state index is 13.0. The van der Waals surface area contributed by atoms with Gasteiger partial charge in [-0.1, -0.05) is 30.3 Å². The van der Waals surface area contributed by atoms with E-state index in [9.17, 15) is 14.7 Å². The SMILES string of the molecule is COc1ccc(/C(O)=C2/C(=O)C(=O)N(CCCOC(C)C)C2c2ccccc2)c(C)c1. The van der Waals surface area contributed by atoms with Gasteiger partial charge in [0.05, 0.1) is 24.8 Å². The molecule has 0 radical (unpaired) electrons. The van der Waals surface area contributed by atoms with Gasteiger partial charge in [0.2, 0.25) is 0 Å². The topological polar surface area (TPSA) is 76.1 Å². The Labute approximate surface area is 183 Å². The van der Waals surface area contributed by atoms with Crippen LogP contribution in [0, 0.1) is 6.92 Å². The third-order valence-electron chi connectivity index (χ3n) is 5.34. The molecule has 0 aliphatic carbocycles. The molecule has 0 spiro atoms. The van der Waals surface area contributed by atoms with Gasteiger partial charge in [-0.25, -0.2) is 0 Å². The van der Waals surface area contributed by atoms with Gasteiger partial charge in [-0.2, -0.15) is 0 Å². The third kappa shape index (κ3) is 4.80. The molecule has 6 nitrogen and oxygen atoms in total. The van der Waals surface area contributed by atoms with E-state index >= 15 is 0 Å². The van der Waals surface area contributed by atoms with Gasteiger partial charge >= 0.3 is 0 Å². The minimum absolute atomic E-state index is 0.0957. The molecule has 1 amide bonds. The average molecular weight is 424 g/mol. The number of methoxy groups -OCH3 is 1. The molecule has 1 aliphatic heterocycles. The van der Waals surface area contributed by atoms with Crippen LogP contribution >= 0.6 is 0 Å². The highest BCUT2D eigenvalue weighted by Gasteiger charge is 2.45. The summed E-state index contributed by atoms with van der Waals surface area (Å²) in [6.07, 6.45) is 0.689. The zero-order valence-corrected chi connectivity index (χ0v) is 18.4. The summed E-state index contributed by atoms with van der Waals surface area (Å²) in [7, 11) is 1.57. The van der Waals surface area contributed by atoms with Gasteiger partial charge in [0.15, 0.2) is 0 Å². The molecule has 0 saturated carbocycles. The molecule has 2 aromatic rings. The molecule has 1 fully saturated rings. The highest BCUT2D eigenvalue weighted by Crippen LogP contribution is 2.40. The first-order chi connectivity index (χ1) is 14.8. The van der Waals surface area contributed by atoms with Crippen molar-refractivity contribution in [3.63, 3.8) is 0 Å². The van der Waals surface area contributed by atoms with E-state index in [2.05, 4.69) is 0 Å². The smallest absolute Gasteiger partial charge is 0.295 e. The molecule has 3 rings (SSSR count). The zero-order chi connectivity index (χ0) is 22.5. The van der Waals surface area contributed by atoms with Gasteiger partial charge in [0.25, 0.3) is 11.7 Å². The van der Waals surface area contributed by atoms with Gasteiger partial charge in [-0.05, 0) is 56.5 Å². The van der Waals surface area contributed by atoms with Crippen LogP contribution in [0.3, 0.4) is 0 Å². The fourth-order valence-electron chi connectivity index (χ4n) is 3.82. The highest BCUT2D eigenvalue weighted by atomic mass is 16.5.